The van der Waals surface area contributed by atoms with Crippen molar-refractivity contribution in [3.63, 3.8) is 0 Å². The predicted octanol–water partition coefficient (Wildman–Crippen LogP) is 3.14. The SMILES string of the molecule is COc1c(N2C[C@@H]3C(NC(=O)OC(C)(C)C)[C@@H]3C2)c(F)cc2c(=O)c(C(=O)O)cn(C3CC3)c12. The molecular formula is C24H28FN3O6. The lowest BCUT2D eigenvalue weighted by molar-refractivity contribution is 0.0517. The van der Waals surface area contributed by atoms with Crippen LogP contribution < -0.4 is 20.4 Å². The molecule has 34 heavy (non-hydrogen) atoms. The number of alkyl carbamates (subject to hydrolysis) is 1. The number of carboxylic acid groups (broad SMARTS) is 1. The number of hydrogen-bond donors (Lipinski definition) is 2. The fraction of sp³-hybridized carbons (Fsp3) is 0.542. The molecule has 1 unspecified atom stereocenters. The summed E-state index contributed by atoms with van der Waals surface area (Å²) in [4.78, 5) is 38.4. The molecular weight excluding hydrogens is 445 g/mol. The number of benzene rings is 1. The summed E-state index contributed by atoms with van der Waals surface area (Å²) in [6.45, 7) is 6.45. The van der Waals surface area contributed by atoms with Crippen molar-refractivity contribution >= 4 is 28.7 Å². The third kappa shape index (κ3) is 3.74. The van der Waals surface area contributed by atoms with Crippen molar-refractivity contribution in [1.82, 2.24) is 9.88 Å². The minimum absolute atomic E-state index is 0.00118. The Hall–Kier alpha value is -3.30. The van der Waals surface area contributed by atoms with Crippen molar-refractivity contribution < 1.29 is 28.6 Å². The minimum atomic E-state index is -1.34. The average Bonchev–Trinajstić information content (AvgIpc) is 3.63. The standard InChI is InChI=1S/C24H28FN3O6/c1-24(2,3)34-23(32)26-17-13-8-27(9-14(13)17)19-16(25)7-12-18(21(19)33-4)28(11-5-6-11)10-15(20(12)29)22(30)31/h7,10-11,13-14,17H,5-6,8-9H2,1-4H3,(H,26,32)(H,30,31)/t13-,14+,17?. The van der Waals surface area contributed by atoms with Gasteiger partial charge in [0, 0.05) is 43.2 Å². The molecule has 1 saturated heterocycles. The summed E-state index contributed by atoms with van der Waals surface area (Å²) in [5.74, 6) is -1.43. The third-order valence-corrected chi connectivity index (χ3v) is 6.77. The van der Waals surface area contributed by atoms with Crippen LogP contribution in [0.1, 0.15) is 50.0 Å². The molecule has 0 spiro atoms. The summed E-state index contributed by atoms with van der Waals surface area (Å²) >= 11 is 0. The number of aromatic carboxylic acids is 1. The van der Waals surface area contributed by atoms with Gasteiger partial charge in [-0.05, 0) is 39.7 Å². The molecule has 1 amide bonds. The van der Waals surface area contributed by atoms with E-state index in [9.17, 15) is 19.5 Å². The van der Waals surface area contributed by atoms with Crippen molar-refractivity contribution in [3.8, 4) is 5.75 Å². The first kappa shape index (κ1) is 22.5. The van der Waals surface area contributed by atoms with E-state index >= 15 is 4.39 Å². The van der Waals surface area contributed by atoms with Gasteiger partial charge in [0.1, 0.15) is 16.9 Å². The molecule has 3 aliphatic rings. The third-order valence-electron chi connectivity index (χ3n) is 6.77. The first-order valence-corrected chi connectivity index (χ1v) is 11.4. The van der Waals surface area contributed by atoms with Gasteiger partial charge in [-0.2, -0.15) is 0 Å². The molecule has 9 nitrogen and oxygen atoms in total. The van der Waals surface area contributed by atoms with Gasteiger partial charge in [0.05, 0.1) is 18.0 Å². The van der Waals surface area contributed by atoms with Gasteiger partial charge in [-0.25, -0.2) is 14.0 Å². The molecule has 0 bridgehead atoms. The number of halogens is 1. The number of piperidine rings is 1. The summed E-state index contributed by atoms with van der Waals surface area (Å²) in [5.41, 5.74) is -1.02. The largest absolute Gasteiger partial charge is 0.492 e. The molecule has 3 atom stereocenters. The van der Waals surface area contributed by atoms with Crippen molar-refractivity contribution in [2.75, 3.05) is 25.1 Å². The maximum Gasteiger partial charge on any atom is 0.407 e. The number of pyridine rings is 1. The Kier molecular flexibility index (Phi) is 5.03. The van der Waals surface area contributed by atoms with E-state index in [1.54, 1.807) is 25.3 Å². The Bertz CT molecular complexity index is 1250. The first-order chi connectivity index (χ1) is 16.0. The number of carboxylic acids is 1. The number of rotatable bonds is 5. The molecule has 2 saturated carbocycles. The van der Waals surface area contributed by atoms with Gasteiger partial charge in [-0.15, -0.1) is 0 Å². The monoisotopic (exact) mass is 473 g/mol. The Labute approximate surface area is 195 Å². The van der Waals surface area contributed by atoms with Gasteiger partial charge >= 0.3 is 12.1 Å². The molecule has 1 aromatic heterocycles. The van der Waals surface area contributed by atoms with Crippen LogP contribution in [0.15, 0.2) is 17.1 Å². The van der Waals surface area contributed by atoms with Crippen LogP contribution in [0.4, 0.5) is 14.9 Å². The van der Waals surface area contributed by atoms with Crippen molar-refractivity contribution in [2.24, 2.45) is 11.8 Å². The lowest BCUT2D eigenvalue weighted by Gasteiger charge is -2.27. The van der Waals surface area contributed by atoms with Gasteiger partial charge in [0.15, 0.2) is 11.6 Å². The van der Waals surface area contributed by atoms with Crippen molar-refractivity contribution in [3.05, 3.63) is 33.9 Å². The maximum absolute atomic E-state index is 15.4. The smallest absolute Gasteiger partial charge is 0.407 e. The normalized spacial score (nSPS) is 23.6. The lowest BCUT2D eigenvalue weighted by Crippen LogP contribution is -2.38. The van der Waals surface area contributed by atoms with E-state index in [4.69, 9.17) is 9.47 Å². The molecule has 2 N–H and O–H groups in total. The summed E-state index contributed by atoms with van der Waals surface area (Å²) < 4.78 is 28.1. The van der Waals surface area contributed by atoms with E-state index in [0.29, 0.717) is 18.6 Å². The zero-order valence-corrected chi connectivity index (χ0v) is 19.6. The minimum Gasteiger partial charge on any atom is -0.492 e. The van der Waals surface area contributed by atoms with Crippen LogP contribution in [-0.2, 0) is 4.74 Å². The number of fused-ring (bicyclic) bond motifs is 2. The molecule has 10 heteroatoms. The molecule has 0 radical (unpaired) electrons. The number of nitrogens with zero attached hydrogens (tertiary/aromatic N) is 2. The Morgan fingerprint density at radius 3 is 2.38 bits per heavy atom. The Morgan fingerprint density at radius 2 is 1.85 bits per heavy atom. The molecule has 5 rings (SSSR count). The van der Waals surface area contributed by atoms with Crippen molar-refractivity contribution in [1.29, 1.82) is 0 Å². The number of methoxy groups -OCH3 is 1. The second-order valence-electron chi connectivity index (χ2n) is 10.4. The number of ether oxygens (including phenoxy) is 2. The molecule has 2 aliphatic carbocycles. The van der Waals surface area contributed by atoms with E-state index in [-0.39, 0.29) is 46.3 Å². The van der Waals surface area contributed by atoms with Gasteiger partial charge in [-0.3, -0.25) is 4.79 Å². The summed E-state index contributed by atoms with van der Waals surface area (Å²) in [5, 5.41) is 12.4. The van der Waals surface area contributed by atoms with E-state index in [2.05, 4.69) is 5.32 Å². The molecule has 2 heterocycles. The second-order valence-corrected chi connectivity index (χ2v) is 10.4. The Morgan fingerprint density at radius 1 is 1.21 bits per heavy atom. The molecule has 182 valence electrons. The van der Waals surface area contributed by atoms with E-state index < -0.39 is 28.9 Å². The summed E-state index contributed by atoms with van der Waals surface area (Å²) in [6, 6.07) is 1.15. The van der Waals surface area contributed by atoms with Gasteiger partial charge < -0.3 is 29.4 Å². The highest BCUT2D eigenvalue weighted by atomic mass is 19.1. The number of carbonyl (C=O) groups excluding carboxylic acids is 1. The molecule has 3 fully saturated rings. The highest BCUT2D eigenvalue weighted by Gasteiger charge is 2.57. The number of amides is 1. The average molecular weight is 474 g/mol. The van der Waals surface area contributed by atoms with Gasteiger partial charge in [0.25, 0.3) is 0 Å². The number of anilines is 1. The highest BCUT2D eigenvalue weighted by molar-refractivity contribution is 5.97. The highest BCUT2D eigenvalue weighted by Crippen LogP contribution is 2.50. The molecule has 1 aromatic carbocycles. The lowest BCUT2D eigenvalue weighted by atomic mass is 10.1. The second kappa shape index (κ2) is 7.61. The van der Waals surface area contributed by atoms with Crippen LogP contribution in [0.2, 0.25) is 0 Å². The number of hydrogen-bond acceptors (Lipinski definition) is 6. The summed E-state index contributed by atoms with van der Waals surface area (Å²) in [7, 11) is 1.42. The quantitative estimate of drug-likeness (QED) is 0.687. The number of carbonyl (C=O) groups is 2. The van der Waals surface area contributed by atoms with Crippen LogP contribution in [0.3, 0.4) is 0 Å². The predicted molar refractivity (Wildman–Crippen MR) is 122 cm³/mol. The molecule has 2 aromatic rings. The fourth-order valence-electron chi connectivity index (χ4n) is 5.09. The van der Waals surface area contributed by atoms with Gasteiger partial charge in [0.2, 0.25) is 5.43 Å². The van der Waals surface area contributed by atoms with Crippen LogP contribution in [0.5, 0.6) is 5.75 Å². The van der Waals surface area contributed by atoms with Crippen LogP contribution >= 0.6 is 0 Å². The van der Waals surface area contributed by atoms with Gasteiger partial charge in [-0.1, -0.05) is 0 Å². The van der Waals surface area contributed by atoms with E-state index in [0.717, 1.165) is 18.9 Å². The summed E-state index contributed by atoms with van der Waals surface area (Å²) in [6.07, 6.45) is 2.57. The number of nitrogens with one attached hydrogen (secondary N) is 1. The first-order valence-electron chi connectivity index (χ1n) is 11.4. The zero-order valence-electron chi connectivity index (χ0n) is 19.6. The fourth-order valence-corrected chi connectivity index (χ4v) is 5.09. The van der Waals surface area contributed by atoms with E-state index in [1.807, 2.05) is 4.90 Å². The van der Waals surface area contributed by atoms with Crippen LogP contribution in [0, 0.1) is 17.7 Å². The van der Waals surface area contributed by atoms with Crippen LogP contribution in [-0.4, -0.2) is 53.6 Å². The maximum atomic E-state index is 15.4. The van der Waals surface area contributed by atoms with E-state index in [1.165, 1.54) is 13.3 Å². The number of aromatic nitrogens is 1. The topological polar surface area (TPSA) is 110 Å². The zero-order chi connectivity index (χ0) is 24.5. The molecule has 1 aliphatic heterocycles. The Balaban J connectivity index is 1.47. The van der Waals surface area contributed by atoms with Crippen LogP contribution in [0.25, 0.3) is 10.9 Å². The van der Waals surface area contributed by atoms with Crippen molar-refractivity contribution in [2.45, 2.75) is 51.3 Å².